The molecule has 0 saturated heterocycles. The van der Waals surface area contributed by atoms with Gasteiger partial charge < -0.3 is 15.4 Å². The first-order valence-electron chi connectivity index (χ1n) is 8.35. The lowest BCUT2D eigenvalue weighted by Gasteiger charge is -2.11. The van der Waals surface area contributed by atoms with E-state index in [1.807, 2.05) is 36.1 Å². The van der Waals surface area contributed by atoms with Gasteiger partial charge in [-0.3, -0.25) is 9.67 Å². The van der Waals surface area contributed by atoms with Gasteiger partial charge in [0.2, 0.25) is 0 Å². The van der Waals surface area contributed by atoms with Crippen LogP contribution in [0, 0.1) is 6.92 Å². The first kappa shape index (κ1) is 17.8. The molecule has 2 rings (SSSR count). The lowest BCUT2D eigenvalue weighted by atomic mass is 10.1. The quantitative estimate of drug-likeness (QED) is 0.574. The molecule has 2 N–H and O–H groups in total. The van der Waals surface area contributed by atoms with Gasteiger partial charge in [0.1, 0.15) is 5.75 Å². The largest absolute Gasteiger partial charge is 0.497 e. The van der Waals surface area contributed by atoms with Crippen LogP contribution in [0.3, 0.4) is 0 Å². The van der Waals surface area contributed by atoms with Gasteiger partial charge in [-0.2, -0.15) is 5.10 Å². The summed E-state index contributed by atoms with van der Waals surface area (Å²) in [6.45, 7) is 7.29. The zero-order valence-electron chi connectivity index (χ0n) is 14.7. The molecule has 1 heterocycles. The average molecular weight is 329 g/mol. The molecular formula is C18H27N5O. The maximum Gasteiger partial charge on any atom is 0.191 e. The highest BCUT2D eigenvalue weighted by Crippen LogP contribution is 2.11. The third kappa shape index (κ3) is 5.95. The topological polar surface area (TPSA) is 63.5 Å². The molecule has 0 aliphatic rings. The van der Waals surface area contributed by atoms with E-state index >= 15 is 0 Å². The molecule has 24 heavy (non-hydrogen) atoms. The Balaban J connectivity index is 1.78. The maximum absolute atomic E-state index is 5.17. The zero-order valence-corrected chi connectivity index (χ0v) is 14.7. The summed E-state index contributed by atoms with van der Waals surface area (Å²) in [7, 11) is 1.68. The molecule has 2 aromatic rings. The Hall–Kier alpha value is -2.50. The number of rotatable bonds is 8. The Labute approximate surface area is 143 Å². The van der Waals surface area contributed by atoms with E-state index in [9.17, 15) is 0 Å². The Morgan fingerprint density at radius 3 is 2.67 bits per heavy atom. The Kier molecular flexibility index (Phi) is 7.14. The van der Waals surface area contributed by atoms with E-state index in [0.29, 0.717) is 0 Å². The summed E-state index contributed by atoms with van der Waals surface area (Å²) < 4.78 is 7.11. The second-order valence-corrected chi connectivity index (χ2v) is 5.57. The van der Waals surface area contributed by atoms with Gasteiger partial charge in [-0.15, -0.1) is 0 Å². The van der Waals surface area contributed by atoms with Crippen molar-refractivity contribution in [1.29, 1.82) is 0 Å². The van der Waals surface area contributed by atoms with Gasteiger partial charge in [-0.25, -0.2) is 0 Å². The highest BCUT2D eigenvalue weighted by Gasteiger charge is 1.99. The number of aliphatic imine (C=N–C) groups is 1. The van der Waals surface area contributed by atoms with Crippen LogP contribution in [0.4, 0.5) is 0 Å². The lowest BCUT2D eigenvalue weighted by molar-refractivity contribution is 0.414. The molecule has 0 radical (unpaired) electrons. The summed E-state index contributed by atoms with van der Waals surface area (Å²) >= 11 is 0. The van der Waals surface area contributed by atoms with E-state index in [4.69, 9.17) is 4.74 Å². The van der Waals surface area contributed by atoms with Crippen molar-refractivity contribution in [3.63, 3.8) is 0 Å². The Morgan fingerprint density at radius 2 is 2.04 bits per heavy atom. The lowest BCUT2D eigenvalue weighted by Crippen LogP contribution is -2.39. The molecule has 1 aromatic carbocycles. The number of guanidine groups is 1. The molecule has 0 atom stereocenters. The van der Waals surface area contributed by atoms with Crippen LogP contribution in [0.25, 0.3) is 0 Å². The van der Waals surface area contributed by atoms with Gasteiger partial charge in [0.15, 0.2) is 5.96 Å². The van der Waals surface area contributed by atoms with Crippen LogP contribution in [0.1, 0.15) is 18.1 Å². The molecule has 0 unspecified atom stereocenters. The van der Waals surface area contributed by atoms with E-state index in [0.717, 1.165) is 44.3 Å². The predicted molar refractivity (Wildman–Crippen MR) is 97.6 cm³/mol. The number of nitrogens with zero attached hydrogens (tertiary/aromatic N) is 3. The van der Waals surface area contributed by atoms with Crippen LogP contribution in [-0.2, 0) is 13.0 Å². The van der Waals surface area contributed by atoms with Crippen molar-refractivity contribution in [3.8, 4) is 5.75 Å². The Morgan fingerprint density at radius 1 is 1.25 bits per heavy atom. The van der Waals surface area contributed by atoms with Crippen molar-refractivity contribution >= 4 is 5.96 Å². The minimum absolute atomic E-state index is 0.739. The molecule has 0 amide bonds. The van der Waals surface area contributed by atoms with Gasteiger partial charge in [-0.05, 0) is 43.5 Å². The highest BCUT2D eigenvalue weighted by atomic mass is 16.5. The molecule has 0 aliphatic carbocycles. The van der Waals surface area contributed by atoms with Gasteiger partial charge in [0.25, 0.3) is 0 Å². The van der Waals surface area contributed by atoms with Gasteiger partial charge in [0, 0.05) is 25.8 Å². The van der Waals surface area contributed by atoms with E-state index in [2.05, 4.69) is 39.8 Å². The van der Waals surface area contributed by atoms with Gasteiger partial charge in [-0.1, -0.05) is 12.1 Å². The standard InChI is InChI=1S/C18H27N5O/c1-4-19-18(21-11-12-23-14-15(2)13-22-23)20-10-9-16-5-7-17(24-3)8-6-16/h5-8,13-14H,4,9-12H2,1-3H3,(H2,19,20,21). The van der Waals surface area contributed by atoms with E-state index in [1.165, 1.54) is 11.1 Å². The van der Waals surface area contributed by atoms with Crippen LogP contribution in [0.5, 0.6) is 5.75 Å². The number of aryl methyl sites for hydroxylation is 1. The third-order valence-electron chi connectivity index (χ3n) is 3.57. The number of benzene rings is 1. The second-order valence-electron chi connectivity index (χ2n) is 5.57. The van der Waals surface area contributed by atoms with Crippen LogP contribution in [-0.4, -0.2) is 42.5 Å². The van der Waals surface area contributed by atoms with Crippen molar-refractivity contribution in [2.75, 3.05) is 26.7 Å². The minimum Gasteiger partial charge on any atom is -0.497 e. The summed E-state index contributed by atoms with van der Waals surface area (Å²) in [6, 6.07) is 8.12. The summed E-state index contributed by atoms with van der Waals surface area (Å²) in [6.07, 6.45) is 4.81. The Bertz CT molecular complexity index is 633. The number of aromatic nitrogens is 2. The average Bonchev–Trinajstić information content (AvgIpc) is 3.01. The highest BCUT2D eigenvalue weighted by molar-refractivity contribution is 5.79. The number of hydrogen-bond acceptors (Lipinski definition) is 3. The molecule has 0 fully saturated rings. The molecule has 130 valence electrons. The van der Waals surface area contributed by atoms with Crippen molar-refractivity contribution < 1.29 is 4.74 Å². The molecule has 0 bridgehead atoms. The van der Waals surface area contributed by atoms with Crippen molar-refractivity contribution in [1.82, 2.24) is 20.4 Å². The van der Waals surface area contributed by atoms with Crippen molar-refractivity contribution in [2.45, 2.75) is 26.8 Å². The summed E-state index contributed by atoms with van der Waals surface area (Å²) in [5.41, 5.74) is 2.43. The van der Waals surface area contributed by atoms with E-state index < -0.39 is 0 Å². The van der Waals surface area contributed by atoms with E-state index in [-0.39, 0.29) is 0 Å². The van der Waals surface area contributed by atoms with Gasteiger partial charge in [0.05, 0.1) is 19.9 Å². The second kappa shape index (κ2) is 9.60. The summed E-state index contributed by atoms with van der Waals surface area (Å²) in [5.74, 6) is 1.72. The van der Waals surface area contributed by atoms with Crippen LogP contribution in [0.15, 0.2) is 41.7 Å². The fourth-order valence-electron chi connectivity index (χ4n) is 2.31. The molecular weight excluding hydrogens is 302 g/mol. The van der Waals surface area contributed by atoms with Crippen molar-refractivity contribution in [3.05, 3.63) is 47.8 Å². The number of hydrogen-bond donors (Lipinski definition) is 2. The molecule has 0 saturated carbocycles. The first-order valence-corrected chi connectivity index (χ1v) is 8.35. The normalized spacial score (nSPS) is 11.4. The minimum atomic E-state index is 0.739. The third-order valence-corrected chi connectivity index (χ3v) is 3.57. The zero-order chi connectivity index (χ0) is 17.2. The monoisotopic (exact) mass is 329 g/mol. The van der Waals surface area contributed by atoms with Crippen LogP contribution >= 0.6 is 0 Å². The van der Waals surface area contributed by atoms with Gasteiger partial charge >= 0.3 is 0 Å². The molecule has 6 heteroatoms. The molecule has 1 aromatic heterocycles. The van der Waals surface area contributed by atoms with Crippen LogP contribution < -0.4 is 15.4 Å². The van der Waals surface area contributed by atoms with E-state index in [1.54, 1.807) is 7.11 Å². The number of nitrogens with one attached hydrogen (secondary N) is 2. The summed E-state index contributed by atoms with van der Waals surface area (Å²) in [5, 5.41) is 10.9. The molecule has 0 spiro atoms. The first-order chi connectivity index (χ1) is 11.7. The number of ether oxygens (including phenoxy) is 1. The van der Waals surface area contributed by atoms with Crippen LogP contribution in [0.2, 0.25) is 0 Å². The number of methoxy groups -OCH3 is 1. The fourth-order valence-corrected chi connectivity index (χ4v) is 2.31. The molecule has 6 nitrogen and oxygen atoms in total. The smallest absolute Gasteiger partial charge is 0.191 e. The predicted octanol–water partition coefficient (Wildman–Crippen LogP) is 2.00. The molecule has 0 aliphatic heterocycles. The van der Waals surface area contributed by atoms with Crippen molar-refractivity contribution in [2.24, 2.45) is 4.99 Å². The SMILES string of the molecule is CCNC(=NCCc1ccc(OC)cc1)NCCn1cc(C)cn1. The fraction of sp³-hybridized carbons (Fsp3) is 0.444. The maximum atomic E-state index is 5.17. The summed E-state index contributed by atoms with van der Waals surface area (Å²) in [4.78, 5) is 4.62.